The lowest BCUT2D eigenvalue weighted by Gasteiger charge is -2.31. The SMILES string of the molecule is Cc1ccc2c(c1)-c1ccccc1S(=O)(=O)N2CC(=O)NCCCc1ccc(F)cc1. The van der Waals surface area contributed by atoms with Crippen molar-refractivity contribution in [3.05, 3.63) is 83.7 Å². The number of carbonyl (C=O) groups is 1. The van der Waals surface area contributed by atoms with Crippen LogP contribution in [0.25, 0.3) is 11.1 Å². The average molecular weight is 439 g/mol. The minimum Gasteiger partial charge on any atom is -0.355 e. The van der Waals surface area contributed by atoms with Gasteiger partial charge in [0.15, 0.2) is 0 Å². The fraction of sp³-hybridized carbons (Fsp3) is 0.208. The van der Waals surface area contributed by atoms with Gasteiger partial charge >= 0.3 is 0 Å². The smallest absolute Gasteiger partial charge is 0.265 e. The second-order valence-electron chi connectivity index (χ2n) is 7.61. The standard InChI is InChI=1S/C24H23FN2O3S/c1-17-8-13-22-21(15-17)20-6-2-3-7-23(20)31(29,30)27(22)16-24(28)26-14-4-5-18-9-11-19(25)12-10-18/h2-3,6-13,15H,4-5,14,16H2,1H3,(H,26,28). The number of nitrogens with zero attached hydrogens (tertiary/aromatic N) is 1. The lowest BCUT2D eigenvalue weighted by Crippen LogP contribution is -2.42. The van der Waals surface area contributed by atoms with Crippen molar-refractivity contribution in [1.82, 2.24) is 5.32 Å². The number of halogens is 1. The number of carbonyl (C=O) groups excluding carboxylic acids is 1. The number of rotatable bonds is 6. The highest BCUT2D eigenvalue weighted by atomic mass is 32.2. The summed E-state index contributed by atoms with van der Waals surface area (Å²) in [6, 6.07) is 18.6. The lowest BCUT2D eigenvalue weighted by molar-refractivity contribution is -0.119. The van der Waals surface area contributed by atoms with E-state index < -0.39 is 10.0 Å². The van der Waals surface area contributed by atoms with Crippen LogP contribution in [0, 0.1) is 12.7 Å². The maximum absolute atomic E-state index is 13.2. The molecule has 1 aliphatic heterocycles. The summed E-state index contributed by atoms with van der Waals surface area (Å²) in [4.78, 5) is 12.8. The number of sulfonamides is 1. The molecular weight excluding hydrogens is 415 g/mol. The predicted molar refractivity (Wildman–Crippen MR) is 119 cm³/mol. The number of amides is 1. The third-order valence-corrected chi connectivity index (χ3v) is 7.15. The zero-order valence-electron chi connectivity index (χ0n) is 17.1. The fourth-order valence-corrected chi connectivity index (χ4v) is 5.42. The third-order valence-electron chi connectivity index (χ3n) is 5.33. The van der Waals surface area contributed by atoms with Gasteiger partial charge < -0.3 is 5.32 Å². The molecule has 0 radical (unpaired) electrons. The van der Waals surface area contributed by atoms with Crippen LogP contribution >= 0.6 is 0 Å². The minimum absolute atomic E-state index is 0.206. The highest BCUT2D eigenvalue weighted by molar-refractivity contribution is 7.93. The van der Waals surface area contributed by atoms with Crippen LogP contribution < -0.4 is 9.62 Å². The van der Waals surface area contributed by atoms with E-state index in [1.54, 1.807) is 36.4 Å². The highest BCUT2D eigenvalue weighted by Gasteiger charge is 2.35. The quantitative estimate of drug-likeness (QED) is 0.591. The van der Waals surface area contributed by atoms with Gasteiger partial charge in [0.2, 0.25) is 5.91 Å². The van der Waals surface area contributed by atoms with Gasteiger partial charge in [-0.3, -0.25) is 9.10 Å². The van der Waals surface area contributed by atoms with E-state index in [-0.39, 0.29) is 23.2 Å². The number of benzene rings is 3. The molecule has 0 atom stereocenters. The molecule has 160 valence electrons. The molecule has 0 aromatic heterocycles. The van der Waals surface area contributed by atoms with Crippen molar-refractivity contribution >= 4 is 21.6 Å². The number of fused-ring (bicyclic) bond motifs is 3. The van der Waals surface area contributed by atoms with Crippen LogP contribution in [-0.2, 0) is 21.2 Å². The normalized spacial score (nSPS) is 13.9. The number of hydrogen-bond acceptors (Lipinski definition) is 3. The van der Waals surface area contributed by atoms with E-state index in [2.05, 4.69) is 5.32 Å². The largest absolute Gasteiger partial charge is 0.355 e. The first-order valence-electron chi connectivity index (χ1n) is 10.1. The summed E-state index contributed by atoms with van der Waals surface area (Å²) in [6.45, 7) is 2.06. The maximum Gasteiger partial charge on any atom is 0.265 e. The number of hydrogen-bond donors (Lipinski definition) is 1. The second-order valence-corrected chi connectivity index (χ2v) is 9.44. The van der Waals surface area contributed by atoms with Crippen LogP contribution in [0.4, 0.5) is 10.1 Å². The fourth-order valence-electron chi connectivity index (χ4n) is 3.77. The monoisotopic (exact) mass is 438 g/mol. The van der Waals surface area contributed by atoms with Crippen LogP contribution in [0.15, 0.2) is 71.6 Å². The average Bonchev–Trinajstić information content (AvgIpc) is 2.76. The van der Waals surface area contributed by atoms with Crippen molar-refractivity contribution in [2.75, 3.05) is 17.4 Å². The van der Waals surface area contributed by atoms with Crippen molar-refractivity contribution in [3.8, 4) is 11.1 Å². The molecule has 1 heterocycles. The van der Waals surface area contributed by atoms with Crippen molar-refractivity contribution < 1.29 is 17.6 Å². The summed E-state index contributed by atoms with van der Waals surface area (Å²) >= 11 is 0. The first kappa shape index (κ1) is 21.1. The molecule has 0 aliphatic carbocycles. The van der Waals surface area contributed by atoms with Crippen molar-refractivity contribution in [2.45, 2.75) is 24.7 Å². The summed E-state index contributed by atoms with van der Waals surface area (Å²) in [6.07, 6.45) is 1.36. The summed E-state index contributed by atoms with van der Waals surface area (Å²) in [5.41, 5.74) is 3.95. The van der Waals surface area contributed by atoms with Gasteiger partial charge in [0.25, 0.3) is 10.0 Å². The Labute approximate surface area is 181 Å². The molecule has 0 unspecified atom stereocenters. The number of aryl methyl sites for hydroxylation is 2. The van der Waals surface area contributed by atoms with E-state index in [4.69, 9.17) is 0 Å². The van der Waals surface area contributed by atoms with Gasteiger partial charge in [-0.15, -0.1) is 0 Å². The van der Waals surface area contributed by atoms with Crippen LogP contribution in [0.1, 0.15) is 17.5 Å². The van der Waals surface area contributed by atoms with Gasteiger partial charge in [-0.2, -0.15) is 0 Å². The van der Waals surface area contributed by atoms with E-state index in [1.165, 1.54) is 16.4 Å². The van der Waals surface area contributed by atoms with Gasteiger partial charge in [0, 0.05) is 17.7 Å². The third kappa shape index (κ3) is 4.32. The summed E-state index contributed by atoms with van der Waals surface area (Å²) in [5.74, 6) is -0.648. The molecule has 0 fully saturated rings. The molecule has 31 heavy (non-hydrogen) atoms. The molecule has 0 spiro atoms. The van der Waals surface area contributed by atoms with Gasteiger partial charge in [0.1, 0.15) is 12.4 Å². The zero-order chi connectivity index (χ0) is 22.0. The Morgan fingerprint density at radius 3 is 2.52 bits per heavy atom. The minimum atomic E-state index is -3.84. The van der Waals surface area contributed by atoms with E-state index in [9.17, 15) is 17.6 Å². The Morgan fingerprint density at radius 2 is 1.74 bits per heavy atom. The van der Waals surface area contributed by atoms with Gasteiger partial charge in [-0.1, -0.05) is 42.0 Å². The predicted octanol–water partition coefficient (Wildman–Crippen LogP) is 4.06. The Morgan fingerprint density at radius 1 is 1.00 bits per heavy atom. The zero-order valence-corrected chi connectivity index (χ0v) is 18.0. The molecule has 3 aromatic carbocycles. The first-order valence-corrected chi connectivity index (χ1v) is 11.5. The van der Waals surface area contributed by atoms with Crippen LogP contribution in [0.3, 0.4) is 0 Å². The molecule has 1 aliphatic rings. The Kier molecular flexibility index (Phi) is 5.78. The molecule has 5 nitrogen and oxygen atoms in total. The van der Waals surface area contributed by atoms with E-state index in [1.807, 2.05) is 25.1 Å². The van der Waals surface area contributed by atoms with Crippen LogP contribution in [0.2, 0.25) is 0 Å². The number of nitrogens with one attached hydrogen (secondary N) is 1. The molecule has 1 amide bonds. The summed E-state index contributed by atoms with van der Waals surface area (Å²) < 4.78 is 40.6. The maximum atomic E-state index is 13.2. The Bertz CT molecular complexity index is 1220. The van der Waals surface area contributed by atoms with Gasteiger partial charge in [0.05, 0.1) is 10.6 Å². The first-order chi connectivity index (χ1) is 14.9. The molecule has 1 N–H and O–H groups in total. The Hall–Kier alpha value is -3.19. The van der Waals surface area contributed by atoms with Crippen LogP contribution in [-0.4, -0.2) is 27.4 Å². The second kappa shape index (κ2) is 8.51. The molecule has 4 rings (SSSR count). The summed E-state index contributed by atoms with van der Waals surface area (Å²) in [7, 11) is -3.84. The number of anilines is 1. The molecule has 0 bridgehead atoms. The van der Waals surface area contributed by atoms with Gasteiger partial charge in [-0.05, 0) is 55.7 Å². The summed E-state index contributed by atoms with van der Waals surface area (Å²) in [5, 5.41) is 2.80. The van der Waals surface area contributed by atoms with Crippen LogP contribution in [0.5, 0.6) is 0 Å². The molecule has 7 heteroatoms. The van der Waals surface area contributed by atoms with Crippen molar-refractivity contribution in [2.24, 2.45) is 0 Å². The van der Waals surface area contributed by atoms with Gasteiger partial charge in [-0.25, -0.2) is 12.8 Å². The van der Waals surface area contributed by atoms with Crippen molar-refractivity contribution in [1.29, 1.82) is 0 Å². The van der Waals surface area contributed by atoms with E-state index in [0.29, 0.717) is 30.6 Å². The van der Waals surface area contributed by atoms with E-state index >= 15 is 0 Å². The topological polar surface area (TPSA) is 66.5 Å². The Balaban J connectivity index is 1.47. The van der Waals surface area contributed by atoms with E-state index in [0.717, 1.165) is 16.7 Å². The molecular formula is C24H23FN2O3S. The van der Waals surface area contributed by atoms with Crippen molar-refractivity contribution in [3.63, 3.8) is 0 Å². The lowest BCUT2D eigenvalue weighted by atomic mass is 10.0. The molecule has 0 saturated heterocycles. The molecule has 3 aromatic rings. The molecule has 0 saturated carbocycles. The highest BCUT2D eigenvalue weighted by Crippen LogP contribution is 2.43.